The molecule has 2 atom stereocenters. The molecule has 15 heavy (non-hydrogen) atoms. The van der Waals surface area contributed by atoms with Crippen LogP contribution in [-0.2, 0) is 9.53 Å². The minimum atomic E-state index is -1.18. The highest BCUT2D eigenvalue weighted by atomic mass is 16.5. The Balaban J connectivity index is 2.49. The number of carboxylic acids is 1. The van der Waals surface area contributed by atoms with Crippen LogP contribution in [0.1, 0.15) is 33.6 Å². The largest absolute Gasteiger partial charge is 0.480 e. The van der Waals surface area contributed by atoms with Crippen molar-refractivity contribution in [2.24, 2.45) is 17.6 Å². The van der Waals surface area contributed by atoms with Gasteiger partial charge in [0.25, 0.3) is 0 Å². The van der Waals surface area contributed by atoms with Gasteiger partial charge in [-0.2, -0.15) is 0 Å². The van der Waals surface area contributed by atoms with E-state index >= 15 is 0 Å². The van der Waals surface area contributed by atoms with E-state index in [0.717, 1.165) is 12.8 Å². The number of aliphatic carboxylic acids is 1. The van der Waals surface area contributed by atoms with Gasteiger partial charge in [0, 0.05) is 0 Å². The van der Waals surface area contributed by atoms with Crippen molar-refractivity contribution >= 4 is 5.97 Å². The fourth-order valence-corrected chi connectivity index (χ4v) is 1.41. The third kappa shape index (κ3) is 2.92. The first-order chi connectivity index (χ1) is 6.88. The van der Waals surface area contributed by atoms with Gasteiger partial charge >= 0.3 is 5.97 Å². The van der Waals surface area contributed by atoms with Gasteiger partial charge in [0.1, 0.15) is 5.54 Å². The van der Waals surface area contributed by atoms with Crippen molar-refractivity contribution in [3.8, 4) is 0 Å². The highest BCUT2D eigenvalue weighted by molar-refractivity contribution is 5.79. The Morgan fingerprint density at radius 1 is 1.53 bits per heavy atom. The molecule has 3 N–H and O–H groups in total. The lowest BCUT2D eigenvalue weighted by Crippen LogP contribution is -2.54. The zero-order valence-electron chi connectivity index (χ0n) is 9.69. The molecule has 0 bridgehead atoms. The molecule has 0 spiro atoms. The molecule has 1 aliphatic rings. The molecule has 4 nitrogen and oxygen atoms in total. The zero-order valence-corrected chi connectivity index (χ0v) is 9.69. The molecule has 0 aromatic heterocycles. The third-order valence-corrected chi connectivity index (χ3v) is 3.23. The first-order valence-electron chi connectivity index (χ1n) is 5.51. The van der Waals surface area contributed by atoms with Crippen molar-refractivity contribution < 1.29 is 14.6 Å². The molecule has 1 saturated carbocycles. The Hall–Kier alpha value is -0.610. The summed E-state index contributed by atoms with van der Waals surface area (Å²) in [5, 5.41) is 9.09. The first-order valence-corrected chi connectivity index (χ1v) is 5.51. The van der Waals surface area contributed by atoms with Gasteiger partial charge in [-0.1, -0.05) is 13.8 Å². The van der Waals surface area contributed by atoms with Crippen LogP contribution in [0.15, 0.2) is 0 Å². The monoisotopic (exact) mass is 215 g/mol. The highest BCUT2D eigenvalue weighted by Gasteiger charge is 2.48. The first kappa shape index (κ1) is 12.5. The number of nitrogens with two attached hydrogens (primary N) is 1. The Kier molecular flexibility index (Phi) is 3.73. The van der Waals surface area contributed by atoms with Crippen LogP contribution in [0.4, 0.5) is 0 Å². The van der Waals surface area contributed by atoms with Gasteiger partial charge in [0.2, 0.25) is 0 Å². The third-order valence-electron chi connectivity index (χ3n) is 3.23. The molecule has 0 amide bonds. The molecule has 0 radical (unpaired) electrons. The summed E-state index contributed by atoms with van der Waals surface area (Å²) in [5.74, 6) is -0.474. The Morgan fingerprint density at radius 2 is 2.07 bits per heavy atom. The summed E-state index contributed by atoms with van der Waals surface area (Å²) >= 11 is 0. The molecule has 0 heterocycles. The van der Waals surface area contributed by atoms with Crippen LogP contribution >= 0.6 is 0 Å². The van der Waals surface area contributed by atoms with Gasteiger partial charge in [0.05, 0.1) is 12.7 Å². The second-order valence-electron chi connectivity index (χ2n) is 4.88. The van der Waals surface area contributed by atoms with Gasteiger partial charge < -0.3 is 15.6 Å². The molecular weight excluding hydrogens is 194 g/mol. The van der Waals surface area contributed by atoms with E-state index in [2.05, 4.69) is 0 Å². The van der Waals surface area contributed by atoms with Crippen LogP contribution in [0.25, 0.3) is 0 Å². The van der Waals surface area contributed by atoms with E-state index in [0.29, 0.717) is 5.92 Å². The van der Waals surface area contributed by atoms with Crippen molar-refractivity contribution in [1.29, 1.82) is 0 Å². The summed E-state index contributed by atoms with van der Waals surface area (Å²) in [6, 6.07) is 0. The standard InChI is InChI=1S/C11H21NO3/c1-7(2)8(3)15-6-11(12,10(13)14)9-4-5-9/h7-9H,4-6,12H2,1-3H3,(H,13,14). The molecule has 4 heteroatoms. The molecule has 1 rings (SSSR count). The lowest BCUT2D eigenvalue weighted by molar-refractivity contribution is -0.148. The lowest BCUT2D eigenvalue weighted by Gasteiger charge is -2.27. The van der Waals surface area contributed by atoms with E-state index in [1.54, 1.807) is 0 Å². The average molecular weight is 215 g/mol. The van der Waals surface area contributed by atoms with Gasteiger partial charge in [0.15, 0.2) is 0 Å². The van der Waals surface area contributed by atoms with Crippen LogP contribution in [0, 0.1) is 11.8 Å². The van der Waals surface area contributed by atoms with Crippen molar-refractivity contribution in [1.82, 2.24) is 0 Å². The number of ether oxygens (including phenoxy) is 1. The number of carbonyl (C=O) groups is 1. The van der Waals surface area contributed by atoms with Gasteiger partial charge in [-0.25, -0.2) is 0 Å². The lowest BCUT2D eigenvalue weighted by atomic mass is 9.96. The summed E-state index contributed by atoms with van der Waals surface area (Å²) in [6.07, 6.45) is 1.86. The molecule has 0 saturated heterocycles. The molecular formula is C11H21NO3. The number of carboxylic acid groups (broad SMARTS) is 1. The van der Waals surface area contributed by atoms with Crippen molar-refractivity contribution in [3.05, 3.63) is 0 Å². The SMILES string of the molecule is CC(C)C(C)OCC(N)(C(=O)O)C1CC1. The van der Waals surface area contributed by atoms with Crippen molar-refractivity contribution in [2.75, 3.05) is 6.61 Å². The number of hydrogen-bond donors (Lipinski definition) is 2. The van der Waals surface area contributed by atoms with E-state index in [9.17, 15) is 4.79 Å². The topological polar surface area (TPSA) is 72.5 Å². The maximum Gasteiger partial charge on any atom is 0.326 e. The van der Waals surface area contributed by atoms with E-state index in [1.165, 1.54) is 0 Å². The molecule has 0 aliphatic heterocycles. The summed E-state index contributed by atoms with van der Waals surface area (Å²) in [5.41, 5.74) is 4.69. The Labute approximate surface area is 90.8 Å². The Bertz CT molecular complexity index is 238. The van der Waals surface area contributed by atoms with Crippen LogP contribution in [-0.4, -0.2) is 29.3 Å². The van der Waals surface area contributed by atoms with Crippen LogP contribution in [0.2, 0.25) is 0 Å². The smallest absolute Gasteiger partial charge is 0.326 e. The number of hydrogen-bond acceptors (Lipinski definition) is 3. The molecule has 2 unspecified atom stereocenters. The normalized spacial score (nSPS) is 22.5. The van der Waals surface area contributed by atoms with Crippen LogP contribution in [0.5, 0.6) is 0 Å². The highest BCUT2D eigenvalue weighted by Crippen LogP contribution is 2.38. The summed E-state index contributed by atoms with van der Waals surface area (Å²) < 4.78 is 5.53. The second-order valence-corrected chi connectivity index (χ2v) is 4.88. The predicted octanol–water partition coefficient (Wildman–Crippen LogP) is 1.24. The van der Waals surface area contributed by atoms with E-state index in [-0.39, 0.29) is 18.6 Å². The quantitative estimate of drug-likeness (QED) is 0.699. The fourth-order valence-electron chi connectivity index (χ4n) is 1.41. The Morgan fingerprint density at radius 3 is 2.40 bits per heavy atom. The molecule has 88 valence electrons. The average Bonchev–Trinajstić information content (AvgIpc) is 2.96. The fraction of sp³-hybridized carbons (Fsp3) is 0.909. The minimum Gasteiger partial charge on any atom is -0.480 e. The summed E-state index contributed by atoms with van der Waals surface area (Å²) in [6.45, 7) is 6.15. The predicted molar refractivity (Wildman–Crippen MR) is 57.5 cm³/mol. The summed E-state index contributed by atoms with van der Waals surface area (Å²) in [4.78, 5) is 11.1. The second kappa shape index (κ2) is 4.49. The van der Waals surface area contributed by atoms with E-state index < -0.39 is 11.5 Å². The van der Waals surface area contributed by atoms with Crippen LogP contribution < -0.4 is 5.73 Å². The summed E-state index contributed by atoms with van der Waals surface area (Å²) in [7, 11) is 0. The maximum absolute atomic E-state index is 11.1. The maximum atomic E-state index is 11.1. The van der Waals surface area contributed by atoms with Crippen molar-refractivity contribution in [2.45, 2.75) is 45.3 Å². The number of rotatable bonds is 6. The molecule has 1 fully saturated rings. The van der Waals surface area contributed by atoms with Gasteiger partial charge in [-0.05, 0) is 31.6 Å². The molecule has 0 aromatic rings. The van der Waals surface area contributed by atoms with Crippen molar-refractivity contribution in [3.63, 3.8) is 0 Å². The van der Waals surface area contributed by atoms with E-state index in [1.807, 2.05) is 20.8 Å². The molecule has 1 aliphatic carbocycles. The zero-order chi connectivity index (χ0) is 11.6. The molecule has 0 aromatic carbocycles. The van der Waals surface area contributed by atoms with E-state index in [4.69, 9.17) is 15.6 Å². The minimum absolute atomic E-state index is 0.0472. The van der Waals surface area contributed by atoms with Gasteiger partial charge in [-0.15, -0.1) is 0 Å². The van der Waals surface area contributed by atoms with Crippen LogP contribution in [0.3, 0.4) is 0 Å². The van der Waals surface area contributed by atoms with Gasteiger partial charge in [-0.3, -0.25) is 4.79 Å².